The SMILES string of the molecule is COc1ccc(C(C)=O)c(OCc2cncn2C2CC2)c1. The molecule has 0 atom stereocenters. The van der Waals surface area contributed by atoms with Crippen molar-refractivity contribution in [3.05, 3.63) is 42.0 Å². The number of aromatic nitrogens is 2. The normalized spacial score (nSPS) is 14.0. The number of ether oxygens (including phenoxy) is 2. The summed E-state index contributed by atoms with van der Waals surface area (Å²) in [6, 6.07) is 5.80. The molecule has 0 radical (unpaired) electrons. The zero-order chi connectivity index (χ0) is 14.8. The van der Waals surface area contributed by atoms with Gasteiger partial charge in [-0.1, -0.05) is 0 Å². The summed E-state index contributed by atoms with van der Waals surface area (Å²) < 4.78 is 13.2. The Morgan fingerprint density at radius 2 is 2.24 bits per heavy atom. The molecule has 1 saturated carbocycles. The van der Waals surface area contributed by atoms with E-state index in [1.54, 1.807) is 25.3 Å². The second-order valence-corrected chi connectivity index (χ2v) is 5.23. The molecule has 21 heavy (non-hydrogen) atoms. The predicted molar refractivity (Wildman–Crippen MR) is 77.8 cm³/mol. The van der Waals surface area contributed by atoms with E-state index in [2.05, 4.69) is 9.55 Å². The van der Waals surface area contributed by atoms with Gasteiger partial charge in [0.1, 0.15) is 18.1 Å². The van der Waals surface area contributed by atoms with Crippen LogP contribution in [0.5, 0.6) is 11.5 Å². The number of nitrogens with zero attached hydrogens (tertiary/aromatic N) is 2. The Labute approximate surface area is 123 Å². The van der Waals surface area contributed by atoms with Gasteiger partial charge in [0, 0.05) is 12.1 Å². The molecule has 1 fully saturated rings. The average Bonchev–Trinajstić information content (AvgIpc) is 3.23. The predicted octanol–water partition coefficient (Wildman–Crippen LogP) is 3.01. The van der Waals surface area contributed by atoms with Crippen LogP contribution in [0.4, 0.5) is 0 Å². The van der Waals surface area contributed by atoms with Crippen LogP contribution in [0.3, 0.4) is 0 Å². The molecular formula is C16H18N2O3. The van der Waals surface area contributed by atoms with Crippen molar-refractivity contribution < 1.29 is 14.3 Å². The number of carbonyl (C=O) groups is 1. The minimum absolute atomic E-state index is 0.0247. The van der Waals surface area contributed by atoms with Gasteiger partial charge < -0.3 is 14.0 Å². The van der Waals surface area contributed by atoms with Crippen molar-refractivity contribution in [1.82, 2.24) is 9.55 Å². The van der Waals surface area contributed by atoms with Crippen molar-refractivity contribution in [1.29, 1.82) is 0 Å². The van der Waals surface area contributed by atoms with Gasteiger partial charge in [-0.05, 0) is 31.9 Å². The van der Waals surface area contributed by atoms with E-state index in [4.69, 9.17) is 9.47 Å². The summed E-state index contributed by atoms with van der Waals surface area (Å²) >= 11 is 0. The minimum atomic E-state index is -0.0247. The highest BCUT2D eigenvalue weighted by Gasteiger charge is 2.25. The Bertz CT molecular complexity index is 659. The minimum Gasteiger partial charge on any atom is -0.497 e. The van der Waals surface area contributed by atoms with Crippen LogP contribution in [-0.4, -0.2) is 22.4 Å². The van der Waals surface area contributed by atoms with Crippen molar-refractivity contribution in [3.8, 4) is 11.5 Å². The van der Waals surface area contributed by atoms with Crippen LogP contribution in [0.25, 0.3) is 0 Å². The van der Waals surface area contributed by atoms with E-state index in [9.17, 15) is 4.79 Å². The zero-order valence-corrected chi connectivity index (χ0v) is 12.2. The van der Waals surface area contributed by atoms with E-state index in [1.807, 2.05) is 12.5 Å². The van der Waals surface area contributed by atoms with Gasteiger partial charge >= 0.3 is 0 Å². The molecule has 1 aromatic carbocycles. The Kier molecular flexibility index (Phi) is 3.64. The van der Waals surface area contributed by atoms with Crippen molar-refractivity contribution in [3.63, 3.8) is 0 Å². The molecule has 0 aliphatic heterocycles. The molecule has 0 bridgehead atoms. The van der Waals surface area contributed by atoms with Crippen LogP contribution in [0.2, 0.25) is 0 Å². The number of Topliss-reactive ketones (excluding diaryl/α,β-unsaturated/α-hetero) is 1. The first-order valence-electron chi connectivity index (χ1n) is 7.01. The smallest absolute Gasteiger partial charge is 0.163 e. The van der Waals surface area contributed by atoms with Gasteiger partial charge in [0.15, 0.2) is 5.78 Å². The van der Waals surface area contributed by atoms with Crippen LogP contribution in [0.1, 0.15) is 41.9 Å². The Morgan fingerprint density at radius 3 is 2.90 bits per heavy atom. The number of carbonyl (C=O) groups excluding carboxylic acids is 1. The number of hydrogen-bond donors (Lipinski definition) is 0. The highest BCUT2D eigenvalue weighted by molar-refractivity contribution is 5.97. The molecule has 1 aliphatic rings. The summed E-state index contributed by atoms with van der Waals surface area (Å²) in [7, 11) is 1.59. The highest BCUT2D eigenvalue weighted by atomic mass is 16.5. The molecule has 5 heteroatoms. The number of imidazole rings is 1. The number of methoxy groups -OCH3 is 1. The van der Waals surface area contributed by atoms with Crippen LogP contribution in [0.15, 0.2) is 30.7 Å². The van der Waals surface area contributed by atoms with E-state index < -0.39 is 0 Å². The third-order valence-corrected chi connectivity index (χ3v) is 3.63. The number of rotatable bonds is 6. The van der Waals surface area contributed by atoms with Crippen LogP contribution in [-0.2, 0) is 6.61 Å². The van der Waals surface area contributed by atoms with Crippen LogP contribution >= 0.6 is 0 Å². The molecular weight excluding hydrogens is 268 g/mol. The van der Waals surface area contributed by atoms with Gasteiger partial charge in [0.25, 0.3) is 0 Å². The van der Waals surface area contributed by atoms with E-state index in [0.717, 1.165) is 5.69 Å². The van der Waals surface area contributed by atoms with Crippen molar-refractivity contribution in [2.24, 2.45) is 0 Å². The summed E-state index contributed by atoms with van der Waals surface area (Å²) in [6.07, 6.45) is 6.04. The first kappa shape index (κ1) is 13.7. The lowest BCUT2D eigenvalue weighted by Crippen LogP contribution is -2.06. The summed E-state index contributed by atoms with van der Waals surface area (Å²) in [5, 5.41) is 0. The van der Waals surface area contributed by atoms with E-state index in [1.165, 1.54) is 19.8 Å². The molecule has 0 spiro atoms. The summed E-state index contributed by atoms with van der Waals surface area (Å²) in [5.74, 6) is 1.19. The Hall–Kier alpha value is -2.30. The fourth-order valence-electron chi connectivity index (χ4n) is 2.32. The van der Waals surface area contributed by atoms with E-state index in [-0.39, 0.29) is 5.78 Å². The van der Waals surface area contributed by atoms with Crippen LogP contribution in [0, 0.1) is 0 Å². The molecule has 0 saturated heterocycles. The molecule has 0 unspecified atom stereocenters. The summed E-state index contributed by atoms with van der Waals surface area (Å²) in [6.45, 7) is 1.92. The molecule has 1 heterocycles. The maximum absolute atomic E-state index is 11.7. The van der Waals surface area contributed by atoms with Gasteiger partial charge in [-0.2, -0.15) is 0 Å². The maximum atomic E-state index is 11.7. The standard InChI is InChI=1S/C16H18N2O3/c1-11(19)15-6-5-14(20-2)7-16(15)21-9-13-8-17-10-18(13)12-3-4-12/h5-8,10,12H,3-4,9H2,1-2H3. The first-order chi connectivity index (χ1) is 10.2. The first-order valence-corrected chi connectivity index (χ1v) is 7.01. The van der Waals surface area contributed by atoms with Gasteiger partial charge in [0.2, 0.25) is 0 Å². The Morgan fingerprint density at radius 1 is 1.43 bits per heavy atom. The Balaban J connectivity index is 1.80. The zero-order valence-electron chi connectivity index (χ0n) is 12.2. The fraction of sp³-hybridized carbons (Fsp3) is 0.375. The van der Waals surface area contributed by atoms with E-state index in [0.29, 0.717) is 29.7 Å². The second-order valence-electron chi connectivity index (χ2n) is 5.23. The van der Waals surface area contributed by atoms with E-state index >= 15 is 0 Å². The molecule has 0 amide bonds. The average molecular weight is 286 g/mol. The fourth-order valence-corrected chi connectivity index (χ4v) is 2.32. The molecule has 110 valence electrons. The molecule has 3 rings (SSSR count). The molecule has 1 aliphatic carbocycles. The summed E-state index contributed by atoms with van der Waals surface area (Å²) in [4.78, 5) is 15.9. The van der Waals surface area contributed by atoms with Crippen molar-refractivity contribution in [2.75, 3.05) is 7.11 Å². The lowest BCUT2D eigenvalue weighted by atomic mass is 10.1. The maximum Gasteiger partial charge on any atom is 0.163 e. The third kappa shape index (κ3) is 2.91. The van der Waals surface area contributed by atoms with Crippen LogP contribution < -0.4 is 9.47 Å². The monoisotopic (exact) mass is 286 g/mol. The quantitative estimate of drug-likeness (QED) is 0.766. The van der Waals surface area contributed by atoms with Gasteiger partial charge in [-0.15, -0.1) is 0 Å². The van der Waals surface area contributed by atoms with Gasteiger partial charge in [-0.25, -0.2) is 4.98 Å². The molecule has 1 aromatic heterocycles. The second kappa shape index (κ2) is 5.60. The van der Waals surface area contributed by atoms with Gasteiger partial charge in [-0.3, -0.25) is 4.79 Å². The topological polar surface area (TPSA) is 53.4 Å². The number of benzene rings is 1. The summed E-state index contributed by atoms with van der Waals surface area (Å²) in [5.41, 5.74) is 1.59. The number of ketones is 1. The lowest BCUT2D eigenvalue weighted by Gasteiger charge is -2.12. The van der Waals surface area contributed by atoms with Crippen molar-refractivity contribution >= 4 is 5.78 Å². The molecule has 5 nitrogen and oxygen atoms in total. The van der Waals surface area contributed by atoms with Crippen molar-refractivity contribution in [2.45, 2.75) is 32.4 Å². The largest absolute Gasteiger partial charge is 0.497 e. The highest BCUT2D eigenvalue weighted by Crippen LogP contribution is 2.36. The molecule has 0 N–H and O–H groups in total. The van der Waals surface area contributed by atoms with Gasteiger partial charge in [0.05, 0.1) is 30.9 Å². The molecule has 2 aromatic rings. The lowest BCUT2D eigenvalue weighted by molar-refractivity contribution is 0.101. The number of hydrogen-bond acceptors (Lipinski definition) is 4. The third-order valence-electron chi connectivity index (χ3n) is 3.63.